The second-order valence-corrected chi connectivity index (χ2v) is 7.89. The van der Waals surface area contributed by atoms with Crippen molar-refractivity contribution in [2.24, 2.45) is 5.41 Å². The summed E-state index contributed by atoms with van der Waals surface area (Å²) in [7, 11) is 1.61. The first-order chi connectivity index (χ1) is 12.5. The average molecular weight is 373 g/mol. The Morgan fingerprint density at radius 1 is 1.35 bits per heavy atom. The lowest BCUT2D eigenvalue weighted by Gasteiger charge is -2.35. The summed E-state index contributed by atoms with van der Waals surface area (Å²) < 4.78 is 10.8. The van der Waals surface area contributed by atoms with Gasteiger partial charge in [0.15, 0.2) is 0 Å². The Labute approximate surface area is 155 Å². The maximum absolute atomic E-state index is 12.9. The fourth-order valence-corrected chi connectivity index (χ4v) is 4.81. The molecular formula is C19H19NO5S. The molecule has 2 aliphatic heterocycles. The number of likely N-dealkylation sites (tertiary alicyclic amines) is 1. The maximum Gasteiger partial charge on any atom is 0.315 e. The fraction of sp³-hybridized carbons (Fsp3) is 0.368. The molecule has 26 heavy (non-hydrogen) atoms. The third-order valence-electron chi connectivity index (χ3n) is 5.19. The summed E-state index contributed by atoms with van der Waals surface area (Å²) in [6.45, 7) is 1.06. The minimum Gasteiger partial charge on any atom is -0.492 e. The summed E-state index contributed by atoms with van der Waals surface area (Å²) in [5.74, 6) is -0.613. The normalized spacial score (nSPS) is 23.9. The van der Waals surface area contributed by atoms with Gasteiger partial charge >= 0.3 is 5.97 Å². The van der Waals surface area contributed by atoms with Gasteiger partial charge in [0.2, 0.25) is 0 Å². The van der Waals surface area contributed by atoms with E-state index in [2.05, 4.69) is 0 Å². The number of nitrogens with zero attached hydrogens (tertiary/aromatic N) is 1. The molecule has 1 aromatic carbocycles. The molecule has 0 spiro atoms. The smallest absolute Gasteiger partial charge is 0.315 e. The summed E-state index contributed by atoms with van der Waals surface area (Å²) in [5.41, 5.74) is -0.237. The summed E-state index contributed by atoms with van der Waals surface area (Å²) in [6, 6.07) is 11.1. The van der Waals surface area contributed by atoms with Gasteiger partial charge in [0.25, 0.3) is 5.91 Å². The molecular weight excluding hydrogens is 354 g/mol. The van der Waals surface area contributed by atoms with Crippen LogP contribution < -0.4 is 4.74 Å². The number of para-hydroxylation sites is 1. The molecule has 6 nitrogen and oxygen atoms in total. The number of amides is 1. The van der Waals surface area contributed by atoms with Gasteiger partial charge in [0.05, 0.1) is 11.5 Å². The number of hydrogen-bond acceptors (Lipinski definition) is 5. The Morgan fingerprint density at radius 3 is 2.92 bits per heavy atom. The van der Waals surface area contributed by atoms with E-state index in [1.165, 1.54) is 11.3 Å². The Morgan fingerprint density at radius 2 is 2.15 bits per heavy atom. The highest BCUT2D eigenvalue weighted by atomic mass is 32.1. The third-order valence-corrected chi connectivity index (χ3v) is 6.24. The molecule has 136 valence electrons. The van der Waals surface area contributed by atoms with Gasteiger partial charge < -0.3 is 19.5 Å². The van der Waals surface area contributed by atoms with E-state index in [9.17, 15) is 14.7 Å². The van der Waals surface area contributed by atoms with Crippen LogP contribution in [0.4, 0.5) is 0 Å². The number of carbonyl (C=O) groups is 2. The number of carbonyl (C=O) groups excluding carboxylic acids is 1. The molecule has 0 radical (unpaired) electrons. The van der Waals surface area contributed by atoms with Crippen molar-refractivity contribution >= 4 is 23.2 Å². The molecule has 0 unspecified atom stereocenters. The SMILES string of the molecule is COCc1ccc(C(=O)N2C[C@@H]3c4ccccc4OC[C@]3(C(=O)O)C2)s1. The van der Waals surface area contributed by atoms with Gasteiger partial charge in [-0.15, -0.1) is 11.3 Å². The number of carboxylic acids is 1. The van der Waals surface area contributed by atoms with Crippen molar-refractivity contribution in [1.29, 1.82) is 0 Å². The minimum absolute atomic E-state index is 0.0765. The first-order valence-electron chi connectivity index (χ1n) is 8.37. The standard InChI is InChI=1S/C19H19NO5S/c1-24-9-12-6-7-16(26-12)17(21)20-8-14-13-4-2-3-5-15(13)25-11-19(14,10-20)18(22)23/h2-7,14H,8-11H2,1H3,(H,22,23)/t14-,19-/m1/s1. The molecule has 7 heteroatoms. The van der Waals surface area contributed by atoms with E-state index < -0.39 is 11.4 Å². The van der Waals surface area contributed by atoms with Crippen LogP contribution in [0.2, 0.25) is 0 Å². The van der Waals surface area contributed by atoms with Crippen molar-refractivity contribution in [2.75, 3.05) is 26.8 Å². The Kier molecular flexibility index (Phi) is 4.20. The van der Waals surface area contributed by atoms with Crippen LogP contribution in [0, 0.1) is 5.41 Å². The predicted molar refractivity (Wildman–Crippen MR) is 95.7 cm³/mol. The highest BCUT2D eigenvalue weighted by molar-refractivity contribution is 7.14. The highest BCUT2D eigenvalue weighted by Gasteiger charge is 2.57. The second-order valence-electron chi connectivity index (χ2n) is 6.73. The second kappa shape index (κ2) is 6.41. The molecule has 3 heterocycles. The molecule has 2 aliphatic rings. The Balaban J connectivity index is 1.65. The van der Waals surface area contributed by atoms with Crippen LogP contribution in [-0.4, -0.2) is 48.7 Å². The van der Waals surface area contributed by atoms with Crippen LogP contribution in [0.5, 0.6) is 5.75 Å². The van der Waals surface area contributed by atoms with Crippen LogP contribution in [0.3, 0.4) is 0 Å². The van der Waals surface area contributed by atoms with Gasteiger partial charge in [-0.05, 0) is 18.2 Å². The summed E-state index contributed by atoms with van der Waals surface area (Å²) >= 11 is 1.38. The Hall–Kier alpha value is -2.38. The third kappa shape index (κ3) is 2.59. The van der Waals surface area contributed by atoms with E-state index in [1.54, 1.807) is 18.1 Å². The molecule has 1 amide bonds. The number of hydrogen-bond donors (Lipinski definition) is 1. The van der Waals surface area contributed by atoms with Crippen molar-refractivity contribution < 1.29 is 24.2 Å². The largest absolute Gasteiger partial charge is 0.492 e. The van der Waals surface area contributed by atoms with E-state index >= 15 is 0 Å². The lowest BCUT2D eigenvalue weighted by molar-refractivity contribution is -0.151. The van der Waals surface area contributed by atoms with E-state index in [4.69, 9.17) is 9.47 Å². The van der Waals surface area contributed by atoms with E-state index in [0.29, 0.717) is 23.8 Å². The topological polar surface area (TPSA) is 76.1 Å². The van der Waals surface area contributed by atoms with E-state index in [0.717, 1.165) is 10.4 Å². The van der Waals surface area contributed by atoms with Crippen molar-refractivity contribution in [2.45, 2.75) is 12.5 Å². The summed E-state index contributed by atoms with van der Waals surface area (Å²) in [5, 5.41) is 9.94. The molecule has 0 saturated carbocycles. The molecule has 1 N–H and O–H groups in total. The fourth-order valence-electron chi connectivity index (χ4n) is 3.86. The quantitative estimate of drug-likeness (QED) is 0.892. The number of ether oxygens (including phenoxy) is 2. The predicted octanol–water partition coefficient (Wildman–Crippen LogP) is 2.60. The van der Waals surface area contributed by atoms with E-state index in [1.807, 2.05) is 30.3 Å². The molecule has 1 aromatic heterocycles. The van der Waals surface area contributed by atoms with Crippen molar-refractivity contribution in [3.05, 3.63) is 51.7 Å². The van der Waals surface area contributed by atoms with Crippen molar-refractivity contribution in [3.63, 3.8) is 0 Å². The number of methoxy groups -OCH3 is 1. The van der Waals surface area contributed by atoms with Gasteiger partial charge in [0.1, 0.15) is 17.8 Å². The van der Waals surface area contributed by atoms with Gasteiger partial charge in [-0.2, -0.15) is 0 Å². The average Bonchev–Trinajstić information content (AvgIpc) is 3.27. The number of benzene rings is 1. The van der Waals surface area contributed by atoms with Crippen molar-refractivity contribution in [1.82, 2.24) is 4.90 Å². The molecule has 0 bridgehead atoms. The number of carboxylic acid groups (broad SMARTS) is 1. The lowest BCUT2D eigenvalue weighted by Crippen LogP contribution is -2.46. The van der Waals surface area contributed by atoms with Crippen LogP contribution in [0.15, 0.2) is 36.4 Å². The first-order valence-corrected chi connectivity index (χ1v) is 9.19. The molecule has 1 saturated heterocycles. The summed E-state index contributed by atoms with van der Waals surface area (Å²) in [6.07, 6.45) is 0. The van der Waals surface area contributed by atoms with Crippen LogP contribution in [-0.2, 0) is 16.1 Å². The number of fused-ring (bicyclic) bond motifs is 3. The van der Waals surface area contributed by atoms with E-state index in [-0.39, 0.29) is 25.0 Å². The zero-order chi connectivity index (χ0) is 18.3. The van der Waals surface area contributed by atoms with Gasteiger partial charge in [0, 0.05) is 36.6 Å². The van der Waals surface area contributed by atoms with Gasteiger partial charge in [-0.1, -0.05) is 18.2 Å². The molecule has 2 atom stereocenters. The molecule has 2 aromatic rings. The Bertz CT molecular complexity index is 863. The zero-order valence-corrected chi connectivity index (χ0v) is 15.1. The molecule has 4 rings (SSSR count). The van der Waals surface area contributed by atoms with Crippen molar-refractivity contribution in [3.8, 4) is 5.75 Å². The highest BCUT2D eigenvalue weighted by Crippen LogP contribution is 2.50. The van der Waals surface area contributed by atoms with Crippen LogP contribution in [0.25, 0.3) is 0 Å². The lowest BCUT2D eigenvalue weighted by atomic mass is 9.73. The minimum atomic E-state index is -1.10. The van der Waals surface area contributed by atoms with Gasteiger partial charge in [-0.25, -0.2) is 0 Å². The number of aliphatic carboxylic acids is 1. The number of thiophene rings is 1. The monoisotopic (exact) mass is 373 g/mol. The molecule has 0 aliphatic carbocycles. The van der Waals surface area contributed by atoms with Gasteiger partial charge in [-0.3, -0.25) is 9.59 Å². The summed E-state index contributed by atoms with van der Waals surface area (Å²) in [4.78, 5) is 28.3. The van der Waals surface area contributed by atoms with Crippen LogP contribution >= 0.6 is 11.3 Å². The van der Waals surface area contributed by atoms with Crippen LogP contribution in [0.1, 0.15) is 26.0 Å². The first kappa shape index (κ1) is 17.1. The molecule has 1 fully saturated rings. The maximum atomic E-state index is 12.9. The number of rotatable bonds is 4. The zero-order valence-electron chi connectivity index (χ0n) is 14.3.